The number of likely N-dealkylation sites (N-methyl/N-ethyl adjacent to an activating group) is 1. The molecule has 102 valence electrons. The molecular formula is C14H20N4O. The van der Waals surface area contributed by atoms with E-state index in [-0.39, 0.29) is 5.75 Å². The molecule has 0 unspecified atom stereocenters. The minimum absolute atomic E-state index is 0.290. The lowest BCUT2D eigenvalue weighted by Gasteiger charge is -2.32. The number of nitrogens with zero attached hydrogens (tertiary/aromatic N) is 4. The molecule has 5 heteroatoms. The van der Waals surface area contributed by atoms with Crippen LogP contribution in [-0.2, 0) is 6.42 Å². The van der Waals surface area contributed by atoms with E-state index in [9.17, 15) is 5.11 Å². The van der Waals surface area contributed by atoms with Gasteiger partial charge in [-0.05, 0) is 13.1 Å². The molecule has 1 aliphatic heterocycles. The summed E-state index contributed by atoms with van der Waals surface area (Å²) < 4.78 is 2.05. The van der Waals surface area contributed by atoms with Gasteiger partial charge in [0, 0.05) is 51.4 Å². The highest BCUT2D eigenvalue weighted by molar-refractivity contribution is 5.50. The van der Waals surface area contributed by atoms with E-state index in [1.165, 1.54) is 0 Å². The molecule has 3 rings (SSSR count). The Bertz CT molecular complexity index is 558. The zero-order chi connectivity index (χ0) is 13.2. The summed E-state index contributed by atoms with van der Waals surface area (Å²) in [6.07, 6.45) is 4.65. The van der Waals surface area contributed by atoms with Crippen molar-refractivity contribution in [2.24, 2.45) is 0 Å². The zero-order valence-electron chi connectivity index (χ0n) is 11.3. The number of imidazole rings is 1. The molecule has 19 heavy (non-hydrogen) atoms. The Kier molecular flexibility index (Phi) is 3.40. The van der Waals surface area contributed by atoms with Gasteiger partial charge in [0.15, 0.2) is 0 Å². The molecule has 1 fully saturated rings. The second kappa shape index (κ2) is 5.19. The predicted octanol–water partition coefficient (Wildman–Crippen LogP) is 0.830. The van der Waals surface area contributed by atoms with Gasteiger partial charge in [-0.15, -0.1) is 0 Å². The van der Waals surface area contributed by atoms with E-state index in [2.05, 4.69) is 26.2 Å². The van der Waals surface area contributed by atoms with Gasteiger partial charge in [-0.25, -0.2) is 4.98 Å². The molecule has 0 aromatic carbocycles. The van der Waals surface area contributed by atoms with Gasteiger partial charge in [0.2, 0.25) is 0 Å². The molecule has 0 spiro atoms. The van der Waals surface area contributed by atoms with Gasteiger partial charge in [-0.1, -0.05) is 0 Å². The van der Waals surface area contributed by atoms with Crippen LogP contribution in [0.2, 0.25) is 0 Å². The molecule has 1 saturated heterocycles. The summed E-state index contributed by atoms with van der Waals surface area (Å²) in [5.41, 5.74) is 0.952. The first-order valence-corrected chi connectivity index (χ1v) is 6.78. The molecule has 1 aliphatic rings. The summed E-state index contributed by atoms with van der Waals surface area (Å²) in [5, 5.41) is 9.44. The van der Waals surface area contributed by atoms with Gasteiger partial charge >= 0.3 is 0 Å². The molecular weight excluding hydrogens is 240 g/mol. The lowest BCUT2D eigenvalue weighted by molar-refractivity contribution is 0.155. The van der Waals surface area contributed by atoms with Crippen molar-refractivity contribution >= 4 is 5.52 Å². The number of fused-ring (bicyclic) bond motifs is 1. The monoisotopic (exact) mass is 260 g/mol. The number of aromatic nitrogens is 2. The highest BCUT2D eigenvalue weighted by atomic mass is 16.3. The SMILES string of the molecule is CN1CCN(CCc2ncc3cc(O)ccn23)CC1. The lowest BCUT2D eigenvalue weighted by atomic mass is 10.3. The summed E-state index contributed by atoms with van der Waals surface area (Å²) in [5.74, 6) is 1.35. The van der Waals surface area contributed by atoms with E-state index in [1.807, 2.05) is 12.4 Å². The summed E-state index contributed by atoms with van der Waals surface area (Å²) >= 11 is 0. The molecule has 2 aromatic heterocycles. The number of aromatic hydroxyl groups is 1. The molecule has 3 heterocycles. The van der Waals surface area contributed by atoms with Gasteiger partial charge in [0.1, 0.15) is 11.6 Å². The first-order valence-electron chi connectivity index (χ1n) is 6.78. The topological polar surface area (TPSA) is 44.0 Å². The van der Waals surface area contributed by atoms with Gasteiger partial charge in [0.25, 0.3) is 0 Å². The number of pyridine rings is 1. The minimum Gasteiger partial charge on any atom is -0.508 e. The zero-order valence-corrected chi connectivity index (χ0v) is 11.3. The van der Waals surface area contributed by atoms with Crippen molar-refractivity contribution in [1.82, 2.24) is 19.2 Å². The van der Waals surface area contributed by atoms with Crippen molar-refractivity contribution in [2.45, 2.75) is 6.42 Å². The van der Waals surface area contributed by atoms with E-state index in [0.717, 1.165) is 50.5 Å². The maximum atomic E-state index is 9.44. The normalized spacial score (nSPS) is 18.2. The van der Waals surface area contributed by atoms with Crippen molar-refractivity contribution in [3.63, 3.8) is 0 Å². The molecule has 0 radical (unpaired) electrons. The third-order valence-corrected chi connectivity index (χ3v) is 3.84. The van der Waals surface area contributed by atoms with Crippen LogP contribution in [0.25, 0.3) is 5.52 Å². The molecule has 1 N–H and O–H groups in total. The number of piperazine rings is 1. The van der Waals surface area contributed by atoms with Crippen LogP contribution in [0.15, 0.2) is 24.5 Å². The fourth-order valence-corrected chi connectivity index (χ4v) is 2.56. The van der Waals surface area contributed by atoms with E-state index >= 15 is 0 Å². The van der Waals surface area contributed by atoms with Crippen LogP contribution in [0.5, 0.6) is 5.75 Å². The second-order valence-corrected chi connectivity index (χ2v) is 5.25. The molecule has 0 amide bonds. The van der Waals surface area contributed by atoms with E-state index < -0.39 is 0 Å². The number of hydrogen-bond acceptors (Lipinski definition) is 4. The van der Waals surface area contributed by atoms with Crippen LogP contribution in [0.1, 0.15) is 5.82 Å². The van der Waals surface area contributed by atoms with Crippen LogP contribution in [-0.4, -0.2) is 64.1 Å². The minimum atomic E-state index is 0.290. The van der Waals surface area contributed by atoms with Crippen molar-refractivity contribution < 1.29 is 5.11 Å². The summed E-state index contributed by atoms with van der Waals surface area (Å²) in [7, 11) is 2.17. The molecule has 0 saturated carbocycles. The molecule has 5 nitrogen and oxygen atoms in total. The van der Waals surface area contributed by atoms with Crippen LogP contribution in [0, 0.1) is 0 Å². The van der Waals surface area contributed by atoms with E-state index in [1.54, 1.807) is 12.1 Å². The third kappa shape index (κ3) is 2.72. The maximum Gasteiger partial charge on any atom is 0.119 e. The van der Waals surface area contributed by atoms with Gasteiger partial charge in [0.05, 0.1) is 11.7 Å². The summed E-state index contributed by atoms with van der Waals surface area (Å²) in [6.45, 7) is 5.63. The van der Waals surface area contributed by atoms with Crippen molar-refractivity contribution in [3.05, 3.63) is 30.4 Å². The Balaban J connectivity index is 1.65. The van der Waals surface area contributed by atoms with Crippen molar-refractivity contribution in [1.29, 1.82) is 0 Å². The van der Waals surface area contributed by atoms with Crippen molar-refractivity contribution in [3.8, 4) is 5.75 Å². The fraction of sp³-hybridized carbons (Fsp3) is 0.500. The van der Waals surface area contributed by atoms with Gasteiger partial charge < -0.3 is 19.3 Å². The Morgan fingerprint density at radius 2 is 2.05 bits per heavy atom. The molecule has 2 aromatic rings. The van der Waals surface area contributed by atoms with Gasteiger partial charge in [-0.2, -0.15) is 0 Å². The lowest BCUT2D eigenvalue weighted by Crippen LogP contribution is -2.45. The van der Waals surface area contributed by atoms with Crippen LogP contribution >= 0.6 is 0 Å². The van der Waals surface area contributed by atoms with E-state index in [4.69, 9.17) is 0 Å². The highest BCUT2D eigenvalue weighted by Crippen LogP contribution is 2.14. The highest BCUT2D eigenvalue weighted by Gasteiger charge is 2.14. The summed E-state index contributed by atoms with van der Waals surface area (Å²) in [4.78, 5) is 9.30. The van der Waals surface area contributed by atoms with Gasteiger partial charge in [-0.3, -0.25) is 0 Å². The Morgan fingerprint density at radius 3 is 2.84 bits per heavy atom. The molecule has 0 atom stereocenters. The smallest absolute Gasteiger partial charge is 0.119 e. The Labute approximate surface area is 113 Å². The number of rotatable bonds is 3. The average molecular weight is 260 g/mol. The van der Waals surface area contributed by atoms with Crippen LogP contribution < -0.4 is 0 Å². The maximum absolute atomic E-state index is 9.44. The fourth-order valence-electron chi connectivity index (χ4n) is 2.56. The first kappa shape index (κ1) is 12.4. The third-order valence-electron chi connectivity index (χ3n) is 3.84. The van der Waals surface area contributed by atoms with Crippen LogP contribution in [0.3, 0.4) is 0 Å². The summed E-state index contributed by atoms with van der Waals surface area (Å²) in [6, 6.07) is 3.44. The quantitative estimate of drug-likeness (QED) is 0.888. The first-order chi connectivity index (χ1) is 9.22. The Hall–Kier alpha value is -1.59. The van der Waals surface area contributed by atoms with Crippen LogP contribution in [0.4, 0.5) is 0 Å². The Morgan fingerprint density at radius 1 is 1.26 bits per heavy atom. The standard InChI is InChI=1S/C14H20N4O/c1-16-6-8-17(9-7-16)4-3-14-15-11-12-10-13(19)2-5-18(12)14/h2,5,10-11,19H,3-4,6-9H2,1H3. The largest absolute Gasteiger partial charge is 0.508 e. The average Bonchev–Trinajstić information content (AvgIpc) is 2.80. The van der Waals surface area contributed by atoms with Crippen molar-refractivity contribution in [2.75, 3.05) is 39.8 Å². The molecule has 0 bridgehead atoms. The predicted molar refractivity (Wildman–Crippen MR) is 74.5 cm³/mol. The molecule has 0 aliphatic carbocycles. The number of hydrogen-bond donors (Lipinski definition) is 1. The second-order valence-electron chi connectivity index (χ2n) is 5.25. The van der Waals surface area contributed by atoms with E-state index in [0.29, 0.717) is 0 Å².